The minimum absolute atomic E-state index is 0.187. The number of benzene rings is 1. The van der Waals surface area contributed by atoms with Crippen LogP contribution in [0.5, 0.6) is 0 Å². The highest BCUT2D eigenvalue weighted by molar-refractivity contribution is 7.92. The van der Waals surface area contributed by atoms with Gasteiger partial charge in [-0.05, 0) is 19.1 Å². The van der Waals surface area contributed by atoms with E-state index in [0.29, 0.717) is 22.1 Å². The summed E-state index contributed by atoms with van der Waals surface area (Å²) in [5, 5.41) is 5.27. The van der Waals surface area contributed by atoms with Crippen LogP contribution in [0.1, 0.15) is 12.6 Å². The molecule has 1 atom stereocenters. The predicted molar refractivity (Wildman–Crippen MR) is 108 cm³/mol. The average molecular weight is 418 g/mol. The normalized spacial score (nSPS) is 12.4. The Labute approximate surface area is 167 Å². The molecule has 1 N–H and O–H groups in total. The Morgan fingerprint density at radius 3 is 2.64 bits per heavy atom. The van der Waals surface area contributed by atoms with Crippen molar-refractivity contribution in [2.75, 3.05) is 10.6 Å². The number of aromatic nitrogens is 3. The zero-order valence-electron chi connectivity index (χ0n) is 15.3. The first kappa shape index (κ1) is 19.9. The van der Waals surface area contributed by atoms with Gasteiger partial charge in [0.15, 0.2) is 0 Å². The Bertz CT molecular complexity index is 1040. The van der Waals surface area contributed by atoms with Gasteiger partial charge >= 0.3 is 0 Å². The van der Waals surface area contributed by atoms with Crippen LogP contribution in [0.15, 0.2) is 54.3 Å². The molecule has 8 nitrogen and oxygen atoms in total. The summed E-state index contributed by atoms with van der Waals surface area (Å²) in [7, 11) is -3.63. The van der Waals surface area contributed by atoms with E-state index in [1.54, 1.807) is 55.8 Å². The number of carbonyl (C=O) groups is 1. The van der Waals surface area contributed by atoms with E-state index >= 15 is 0 Å². The molecule has 1 amide bonds. The van der Waals surface area contributed by atoms with E-state index in [-0.39, 0.29) is 6.54 Å². The van der Waals surface area contributed by atoms with Crippen LogP contribution in [0.3, 0.4) is 0 Å². The second-order valence-corrected chi connectivity index (χ2v) is 8.74. The number of hydrogen-bond acceptors (Lipinski definition) is 7. The molecule has 0 aliphatic carbocycles. The molecule has 3 rings (SSSR count). The molecule has 0 fully saturated rings. The second-order valence-electron chi connectivity index (χ2n) is 6.02. The number of carbonyl (C=O) groups excluding carboxylic acids is 1. The van der Waals surface area contributed by atoms with E-state index in [2.05, 4.69) is 20.3 Å². The number of thiazole rings is 1. The summed E-state index contributed by atoms with van der Waals surface area (Å²) >= 11 is 1.40. The van der Waals surface area contributed by atoms with Gasteiger partial charge < -0.3 is 5.32 Å². The molecule has 0 radical (unpaired) electrons. The SMILES string of the molecule is CC(C(=O)NCc1csc(-c2cnccn2)n1)N(c1ccccc1)S(C)(=O)=O. The van der Waals surface area contributed by atoms with Crippen LogP contribution >= 0.6 is 11.3 Å². The summed E-state index contributed by atoms with van der Waals surface area (Å²) in [6.07, 6.45) is 5.87. The van der Waals surface area contributed by atoms with Crippen LogP contribution in [-0.4, -0.2) is 41.6 Å². The van der Waals surface area contributed by atoms with Crippen molar-refractivity contribution in [2.45, 2.75) is 19.5 Å². The number of rotatable bonds is 7. The first-order valence-corrected chi connectivity index (χ1v) is 11.1. The lowest BCUT2D eigenvalue weighted by Gasteiger charge is -2.28. The second kappa shape index (κ2) is 8.44. The van der Waals surface area contributed by atoms with Gasteiger partial charge in [0.2, 0.25) is 15.9 Å². The summed E-state index contributed by atoms with van der Waals surface area (Å²) in [4.78, 5) is 25.2. The van der Waals surface area contributed by atoms with Crippen molar-refractivity contribution in [1.82, 2.24) is 20.3 Å². The molecule has 0 aliphatic heterocycles. The molecule has 1 aromatic carbocycles. The molecular formula is C18H19N5O3S2. The number of para-hydroxylation sites is 1. The first-order chi connectivity index (χ1) is 13.4. The van der Waals surface area contributed by atoms with Gasteiger partial charge in [-0.3, -0.25) is 19.1 Å². The van der Waals surface area contributed by atoms with Gasteiger partial charge in [0.05, 0.1) is 30.4 Å². The Morgan fingerprint density at radius 1 is 1.25 bits per heavy atom. The van der Waals surface area contributed by atoms with Gasteiger partial charge in [0, 0.05) is 17.8 Å². The number of anilines is 1. The van der Waals surface area contributed by atoms with Crippen molar-refractivity contribution >= 4 is 33.0 Å². The number of amides is 1. The van der Waals surface area contributed by atoms with E-state index in [1.807, 2.05) is 5.38 Å². The molecule has 0 saturated heterocycles. The third-order valence-corrected chi connectivity index (χ3v) is 6.03. The average Bonchev–Trinajstić information content (AvgIpc) is 3.15. The predicted octanol–water partition coefficient (Wildman–Crippen LogP) is 2.07. The van der Waals surface area contributed by atoms with Crippen molar-refractivity contribution in [3.63, 3.8) is 0 Å². The number of nitrogens with one attached hydrogen (secondary N) is 1. The largest absolute Gasteiger partial charge is 0.349 e. The van der Waals surface area contributed by atoms with Crippen LogP contribution in [-0.2, 0) is 21.4 Å². The van der Waals surface area contributed by atoms with E-state index in [4.69, 9.17) is 0 Å². The maximum absolute atomic E-state index is 12.6. The fraction of sp³-hybridized carbons (Fsp3) is 0.222. The highest BCUT2D eigenvalue weighted by atomic mass is 32.2. The van der Waals surface area contributed by atoms with Crippen LogP contribution in [0.25, 0.3) is 10.7 Å². The zero-order chi connectivity index (χ0) is 20.1. The number of sulfonamides is 1. The molecule has 3 aromatic rings. The lowest BCUT2D eigenvalue weighted by molar-refractivity contribution is -0.122. The summed E-state index contributed by atoms with van der Waals surface area (Å²) in [5.41, 5.74) is 1.76. The minimum atomic E-state index is -3.63. The van der Waals surface area contributed by atoms with Gasteiger partial charge in [-0.25, -0.2) is 13.4 Å². The molecular weight excluding hydrogens is 398 g/mol. The van der Waals surface area contributed by atoms with Gasteiger partial charge in [0.25, 0.3) is 0 Å². The fourth-order valence-electron chi connectivity index (χ4n) is 2.62. The Hall–Kier alpha value is -2.85. The van der Waals surface area contributed by atoms with E-state index in [9.17, 15) is 13.2 Å². The van der Waals surface area contributed by atoms with Crippen molar-refractivity contribution in [3.05, 3.63) is 60.0 Å². The number of nitrogens with zero attached hydrogens (tertiary/aromatic N) is 4. The summed E-state index contributed by atoms with van der Waals surface area (Å²) < 4.78 is 25.6. The van der Waals surface area contributed by atoms with Gasteiger partial charge in [-0.2, -0.15) is 0 Å². The van der Waals surface area contributed by atoms with Crippen LogP contribution < -0.4 is 9.62 Å². The molecule has 2 aromatic heterocycles. The summed E-state index contributed by atoms with van der Waals surface area (Å²) in [6, 6.07) is 7.63. The molecule has 0 bridgehead atoms. The standard InChI is InChI=1S/C18H19N5O3S2/c1-13(23(28(2,25)26)15-6-4-3-5-7-15)17(24)21-10-14-12-27-18(22-14)16-11-19-8-9-20-16/h3-9,11-13H,10H2,1-2H3,(H,21,24). The fourth-order valence-corrected chi connectivity index (χ4v) is 4.58. The van der Waals surface area contributed by atoms with E-state index in [0.717, 1.165) is 10.6 Å². The minimum Gasteiger partial charge on any atom is -0.349 e. The quantitative estimate of drug-likeness (QED) is 0.631. The van der Waals surface area contributed by atoms with Crippen molar-refractivity contribution in [2.24, 2.45) is 0 Å². The van der Waals surface area contributed by atoms with Crippen LogP contribution in [0.2, 0.25) is 0 Å². The Kier molecular flexibility index (Phi) is 6.00. The summed E-state index contributed by atoms with van der Waals surface area (Å²) in [5.74, 6) is -0.414. The van der Waals surface area contributed by atoms with Gasteiger partial charge in [0.1, 0.15) is 16.7 Å². The van der Waals surface area contributed by atoms with Crippen LogP contribution in [0, 0.1) is 0 Å². The van der Waals surface area contributed by atoms with E-state index < -0.39 is 22.0 Å². The van der Waals surface area contributed by atoms with Crippen LogP contribution in [0.4, 0.5) is 5.69 Å². The maximum atomic E-state index is 12.6. The molecule has 28 heavy (non-hydrogen) atoms. The molecule has 0 aliphatic rings. The third kappa shape index (κ3) is 4.70. The topological polar surface area (TPSA) is 105 Å². The smallest absolute Gasteiger partial charge is 0.243 e. The number of hydrogen-bond donors (Lipinski definition) is 1. The van der Waals surface area contributed by atoms with Gasteiger partial charge in [-0.15, -0.1) is 11.3 Å². The van der Waals surface area contributed by atoms with Crippen molar-refractivity contribution in [3.8, 4) is 10.7 Å². The molecule has 0 spiro atoms. The summed E-state index contributed by atoms with van der Waals surface area (Å²) in [6.45, 7) is 1.74. The molecule has 146 valence electrons. The van der Waals surface area contributed by atoms with Crippen molar-refractivity contribution in [1.29, 1.82) is 0 Å². The first-order valence-electron chi connectivity index (χ1n) is 8.39. The monoisotopic (exact) mass is 417 g/mol. The lowest BCUT2D eigenvalue weighted by Crippen LogP contribution is -2.47. The highest BCUT2D eigenvalue weighted by Crippen LogP contribution is 2.22. The molecule has 1 unspecified atom stereocenters. The molecule has 0 saturated carbocycles. The Morgan fingerprint density at radius 2 is 2.00 bits per heavy atom. The van der Waals surface area contributed by atoms with Crippen molar-refractivity contribution < 1.29 is 13.2 Å². The zero-order valence-corrected chi connectivity index (χ0v) is 16.9. The van der Waals surface area contributed by atoms with Gasteiger partial charge in [-0.1, -0.05) is 18.2 Å². The molecule has 10 heteroatoms. The third-order valence-electron chi connectivity index (χ3n) is 3.88. The molecule has 2 heterocycles. The Balaban J connectivity index is 1.69. The highest BCUT2D eigenvalue weighted by Gasteiger charge is 2.28. The maximum Gasteiger partial charge on any atom is 0.243 e. The van der Waals surface area contributed by atoms with E-state index in [1.165, 1.54) is 11.3 Å². The lowest BCUT2D eigenvalue weighted by atomic mass is 10.2.